The van der Waals surface area contributed by atoms with Crippen LogP contribution in [0.3, 0.4) is 0 Å². The number of anilines is 1. The molecule has 28 heavy (non-hydrogen) atoms. The van der Waals surface area contributed by atoms with Gasteiger partial charge in [-0.1, -0.05) is 25.6 Å². The highest BCUT2D eigenvalue weighted by Gasteiger charge is 2.40. The van der Waals surface area contributed by atoms with E-state index in [9.17, 15) is 4.79 Å². The van der Waals surface area contributed by atoms with E-state index in [0.29, 0.717) is 16.7 Å². The predicted molar refractivity (Wildman–Crippen MR) is 111 cm³/mol. The van der Waals surface area contributed by atoms with Crippen molar-refractivity contribution in [3.8, 4) is 5.88 Å². The second kappa shape index (κ2) is 7.38. The Balaban J connectivity index is 1.89. The molecule has 0 bridgehead atoms. The molecule has 0 radical (unpaired) electrons. The van der Waals surface area contributed by atoms with Gasteiger partial charge in [0.15, 0.2) is 5.17 Å². The smallest absolute Gasteiger partial charge is 0.275 e. The Bertz CT molecular complexity index is 929. The van der Waals surface area contributed by atoms with Crippen LogP contribution in [0.5, 0.6) is 5.88 Å². The minimum absolute atomic E-state index is 0.0506. The number of methoxy groups -OCH3 is 1. The van der Waals surface area contributed by atoms with E-state index in [0.717, 1.165) is 17.7 Å². The normalized spacial score (nSPS) is 21.0. The van der Waals surface area contributed by atoms with Gasteiger partial charge in [0.2, 0.25) is 5.88 Å². The fourth-order valence-corrected chi connectivity index (χ4v) is 4.66. The van der Waals surface area contributed by atoms with Crippen LogP contribution in [0.4, 0.5) is 5.69 Å². The standard InChI is InChI=1S/C19H24N6O2S/c1-11-13(19(4)10-18(2,3)28-17(20)25-19)6-12(7-21-11)24-16(26)14-8-23-15(27-5)9-22-14/h6-9H,10H2,1-5H3,(H2,20,25)(H,24,26)/t19-/m0/s1. The summed E-state index contributed by atoms with van der Waals surface area (Å²) in [7, 11) is 1.49. The number of pyridine rings is 1. The first-order valence-corrected chi connectivity index (χ1v) is 9.62. The molecular formula is C19H24N6O2S. The van der Waals surface area contributed by atoms with Gasteiger partial charge in [-0.3, -0.25) is 14.8 Å². The van der Waals surface area contributed by atoms with Crippen molar-refractivity contribution in [1.29, 1.82) is 0 Å². The quantitative estimate of drug-likeness (QED) is 0.811. The predicted octanol–water partition coefficient (Wildman–Crippen LogP) is 2.89. The van der Waals surface area contributed by atoms with E-state index in [-0.39, 0.29) is 16.3 Å². The molecular weight excluding hydrogens is 376 g/mol. The van der Waals surface area contributed by atoms with Crippen LogP contribution in [0.25, 0.3) is 0 Å². The number of nitrogens with one attached hydrogen (secondary N) is 1. The molecule has 0 saturated carbocycles. The molecule has 2 aromatic rings. The van der Waals surface area contributed by atoms with Gasteiger partial charge >= 0.3 is 0 Å². The van der Waals surface area contributed by atoms with Gasteiger partial charge in [-0.2, -0.15) is 0 Å². The van der Waals surface area contributed by atoms with Crippen LogP contribution in [-0.2, 0) is 5.54 Å². The molecule has 2 aromatic heterocycles. The first kappa shape index (κ1) is 20.1. The Kier molecular flexibility index (Phi) is 5.29. The summed E-state index contributed by atoms with van der Waals surface area (Å²) in [6, 6.07) is 1.90. The lowest BCUT2D eigenvalue weighted by molar-refractivity contribution is 0.102. The molecule has 0 spiro atoms. The number of ether oxygens (including phenoxy) is 1. The maximum atomic E-state index is 12.5. The minimum atomic E-state index is -0.517. The molecule has 1 aliphatic heterocycles. The highest BCUT2D eigenvalue weighted by molar-refractivity contribution is 8.15. The first-order valence-electron chi connectivity index (χ1n) is 8.81. The van der Waals surface area contributed by atoms with Gasteiger partial charge in [0.25, 0.3) is 5.91 Å². The number of hydrogen-bond acceptors (Lipinski definition) is 8. The lowest BCUT2D eigenvalue weighted by Gasteiger charge is -2.39. The zero-order valence-corrected chi connectivity index (χ0v) is 17.4. The molecule has 148 valence electrons. The number of aliphatic imine (C=N–C) groups is 1. The molecule has 8 nitrogen and oxygen atoms in total. The van der Waals surface area contributed by atoms with Crippen molar-refractivity contribution in [2.75, 3.05) is 12.4 Å². The number of carbonyl (C=O) groups is 1. The number of aryl methyl sites for hydroxylation is 1. The van der Waals surface area contributed by atoms with Crippen molar-refractivity contribution >= 4 is 28.5 Å². The van der Waals surface area contributed by atoms with Gasteiger partial charge in [0.05, 0.1) is 36.9 Å². The number of amidine groups is 1. The van der Waals surface area contributed by atoms with Gasteiger partial charge in [-0.05, 0) is 26.3 Å². The Hall–Kier alpha value is -2.68. The van der Waals surface area contributed by atoms with Crippen LogP contribution in [0, 0.1) is 6.92 Å². The summed E-state index contributed by atoms with van der Waals surface area (Å²) >= 11 is 1.57. The minimum Gasteiger partial charge on any atom is -0.480 e. The molecule has 0 aliphatic carbocycles. The van der Waals surface area contributed by atoms with Crippen molar-refractivity contribution in [3.05, 3.63) is 41.6 Å². The largest absolute Gasteiger partial charge is 0.480 e. The molecule has 1 amide bonds. The summed E-state index contributed by atoms with van der Waals surface area (Å²) < 4.78 is 4.91. The third-order valence-corrected chi connectivity index (χ3v) is 5.50. The summed E-state index contributed by atoms with van der Waals surface area (Å²) in [4.78, 5) is 29.7. The zero-order chi connectivity index (χ0) is 20.5. The number of nitrogens with zero attached hydrogens (tertiary/aromatic N) is 4. The van der Waals surface area contributed by atoms with E-state index in [2.05, 4.69) is 34.1 Å². The Morgan fingerprint density at radius 3 is 2.57 bits per heavy atom. The van der Waals surface area contributed by atoms with Gasteiger partial charge in [-0.15, -0.1) is 0 Å². The summed E-state index contributed by atoms with van der Waals surface area (Å²) in [5.41, 5.74) is 8.11. The first-order chi connectivity index (χ1) is 13.1. The topological polar surface area (TPSA) is 115 Å². The summed E-state index contributed by atoms with van der Waals surface area (Å²) in [6.45, 7) is 8.27. The number of carbonyl (C=O) groups excluding carboxylic acids is 1. The lowest BCUT2D eigenvalue weighted by atomic mass is 9.83. The summed E-state index contributed by atoms with van der Waals surface area (Å²) in [6.07, 6.45) is 5.18. The number of amides is 1. The van der Waals surface area contributed by atoms with Crippen LogP contribution < -0.4 is 15.8 Å². The van der Waals surface area contributed by atoms with Gasteiger partial charge in [0, 0.05) is 16.0 Å². The summed E-state index contributed by atoms with van der Waals surface area (Å²) in [5, 5.41) is 3.38. The van der Waals surface area contributed by atoms with E-state index >= 15 is 0 Å². The monoisotopic (exact) mass is 400 g/mol. The maximum absolute atomic E-state index is 12.5. The molecule has 9 heteroatoms. The molecule has 3 rings (SSSR count). The van der Waals surface area contributed by atoms with E-state index in [1.165, 1.54) is 19.5 Å². The third-order valence-electron chi connectivity index (χ3n) is 4.50. The molecule has 0 aromatic carbocycles. The van der Waals surface area contributed by atoms with E-state index in [1.54, 1.807) is 18.0 Å². The second-order valence-electron chi connectivity index (χ2n) is 7.52. The van der Waals surface area contributed by atoms with E-state index in [4.69, 9.17) is 15.5 Å². The molecule has 0 fully saturated rings. The third kappa shape index (κ3) is 4.24. The van der Waals surface area contributed by atoms with Gasteiger partial charge in [-0.25, -0.2) is 9.97 Å². The Morgan fingerprint density at radius 1 is 1.21 bits per heavy atom. The molecule has 3 heterocycles. The lowest BCUT2D eigenvalue weighted by Crippen LogP contribution is -2.38. The van der Waals surface area contributed by atoms with Crippen LogP contribution in [0.15, 0.2) is 29.6 Å². The molecule has 0 saturated heterocycles. The Morgan fingerprint density at radius 2 is 1.96 bits per heavy atom. The van der Waals surface area contributed by atoms with Crippen molar-refractivity contribution in [2.24, 2.45) is 10.7 Å². The molecule has 3 N–H and O–H groups in total. The summed E-state index contributed by atoms with van der Waals surface area (Å²) in [5.74, 6) is -0.0311. The van der Waals surface area contributed by atoms with Crippen molar-refractivity contribution in [3.63, 3.8) is 0 Å². The Labute approximate surface area is 168 Å². The SMILES string of the molecule is COc1cnc(C(=O)Nc2cnc(C)c([C@]3(C)CC(C)(C)SC(N)=N3)c2)cn1. The average Bonchev–Trinajstić information content (AvgIpc) is 2.61. The molecule has 1 atom stereocenters. The van der Waals surface area contributed by atoms with Gasteiger partial charge < -0.3 is 15.8 Å². The average molecular weight is 401 g/mol. The maximum Gasteiger partial charge on any atom is 0.275 e. The van der Waals surface area contributed by atoms with Crippen molar-refractivity contribution < 1.29 is 9.53 Å². The number of rotatable bonds is 4. The highest BCUT2D eigenvalue weighted by Crippen LogP contribution is 2.45. The molecule has 1 aliphatic rings. The number of nitrogens with two attached hydrogens (primary N) is 1. The van der Waals surface area contributed by atoms with Crippen LogP contribution in [-0.4, -0.2) is 37.9 Å². The van der Waals surface area contributed by atoms with E-state index in [1.807, 2.05) is 19.9 Å². The fraction of sp³-hybridized carbons (Fsp3) is 0.421. The second-order valence-corrected chi connectivity index (χ2v) is 9.25. The van der Waals surface area contributed by atoms with Crippen molar-refractivity contribution in [2.45, 2.75) is 44.4 Å². The highest BCUT2D eigenvalue weighted by atomic mass is 32.2. The zero-order valence-electron chi connectivity index (χ0n) is 16.6. The number of thioether (sulfide) groups is 1. The van der Waals surface area contributed by atoms with Crippen LogP contribution in [0.1, 0.15) is 48.9 Å². The molecule has 0 unspecified atom stereocenters. The fourth-order valence-electron chi connectivity index (χ4n) is 3.49. The number of hydrogen-bond donors (Lipinski definition) is 2. The van der Waals surface area contributed by atoms with Crippen LogP contribution >= 0.6 is 11.8 Å². The number of aromatic nitrogens is 3. The van der Waals surface area contributed by atoms with Crippen molar-refractivity contribution in [1.82, 2.24) is 15.0 Å². The van der Waals surface area contributed by atoms with Crippen LogP contribution in [0.2, 0.25) is 0 Å². The van der Waals surface area contributed by atoms with E-state index < -0.39 is 5.54 Å². The van der Waals surface area contributed by atoms with Gasteiger partial charge in [0.1, 0.15) is 5.69 Å².